The van der Waals surface area contributed by atoms with Crippen LogP contribution < -0.4 is 5.32 Å². The zero-order valence-corrected chi connectivity index (χ0v) is 16.4. The normalized spacial score (nSPS) is 21.4. The Labute approximate surface area is 167 Å². The highest BCUT2D eigenvalue weighted by molar-refractivity contribution is 7.15. The van der Waals surface area contributed by atoms with Crippen molar-refractivity contribution in [1.29, 1.82) is 0 Å². The van der Waals surface area contributed by atoms with Crippen LogP contribution in [0.25, 0.3) is 0 Å². The fraction of sp³-hybridized carbons (Fsp3) is 0.450. The number of carbonyl (C=O) groups excluding carboxylic acids is 1. The van der Waals surface area contributed by atoms with Gasteiger partial charge in [0.15, 0.2) is 0 Å². The van der Waals surface area contributed by atoms with Crippen LogP contribution >= 0.6 is 11.3 Å². The lowest BCUT2D eigenvalue weighted by atomic mass is 9.83. The number of aromatic nitrogens is 5. The monoisotopic (exact) mass is 394 g/mol. The van der Waals surface area contributed by atoms with E-state index in [1.54, 1.807) is 6.33 Å². The number of benzene rings is 1. The van der Waals surface area contributed by atoms with E-state index in [0.717, 1.165) is 55.9 Å². The van der Waals surface area contributed by atoms with Crippen LogP contribution in [0.5, 0.6) is 0 Å². The predicted octanol–water partition coefficient (Wildman–Crippen LogP) is 3.19. The Bertz CT molecular complexity index is 974. The maximum Gasteiger partial charge on any atom is 0.229 e. The van der Waals surface area contributed by atoms with Crippen molar-refractivity contribution < 1.29 is 4.79 Å². The third-order valence-corrected chi connectivity index (χ3v) is 6.79. The van der Waals surface area contributed by atoms with Crippen LogP contribution in [0.15, 0.2) is 30.6 Å². The second kappa shape index (κ2) is 7.43. The number of nitrogens with one attached hydrogen (secondary N) is 1. The number of fused-ring (bicyclic) bond motifs is 2. The zero-order valence-electron chi connectivity index (χ0n) is 15.5. The molecule has 1 aliphatic heterocycles. The third kappa shape index (κ3) is 3.32. The first-order valence-electron chi connectivity index (χ1n) is 9.86. The minimum Gasteiger partial charge on any atom is -0.318 e. The lowest BCUT2D eigenvalue weighted by molar-refractivity contribution is -0.120. The average molecular weight is 395 g/mol. The largest absolute Gasteiger partial charge is 0.318 e. The summed E-state index contributed by atoms with van der Waals surface area (Å²) in [6.45, 7) is 0.778. The van der Waals surface area contributed by atoms with Crippen LogP contribution in [0.1, 0.15) is 53.6 Å². The summed E-state index contributed by atoms with van der Waals surface area (Å²) >= 11 is 1.51. The number of anilines is 1. The molecule has 0 radical (unpaired) electrons. The lowest BCUT2D eigenvalue weighted by Gasteiger charge is -2.23. The summed E-state index contributed by atoms with van der Waals surface area (Å²) < 4.78 is 2.04. The van der Waals surface area contributed by atoms with Gasteiger partial charge in [-0.1, -0.05) is 35.6 Å². The summed E-state index contributed by atoms with van der Waals surface area (Å²) in [7, 11) is 0. The summed E-state index contributed by atoms with van der Waals surface area (Å²) in [5.74, 6) is 1.25. The number of hydrogen-bond acceptors (Lipinski definition) is 6. The molecule has 0 fully saturated rings. The molecule has 0 spiro atoms. The molecule has 3 heterocycles. The summed E-state index contributed by atoms with van der Waals surface area (Å²) in [4.78, 5) is 12.8. The Balaban J connectivity index is 1.27. The SMILES string of the molecule is O=C(Nc1nnc(C2CCCc3ccccc32)s1)C1CCc2nncn2CC1. The van der Waals surface area contributed by atoms with Crippen LogP contribution in [-0.4, -0.2) is 30.9 Å². The Kier molecular flexibility index (Phi) is 4.64. The predicted molar refractivity (Wildman–Crippen MR) is 106 cm³/mol. The standard InChI is InChI=1S/C20H22N6OS/c27-18(14-8-9-17-23-21-12-26(17)11-10-14)22-20-25-24-19(28-20)16-7-3-5-13-4-1-2-6-15(13)16/h1-2,4,6,12,14,16H,3,5,7-11H2,(H,22,25,27). The Morgan fingerprint density at radius 3 is 3.00 bits per heavy atom. The molecule has 0 saturated heterocycles. The highest BCUT2D eigenvalue weighted by atomic mass is 32.1. The maximum absolute atomic E-state index is 12.8. The van der Waals surface area contributed by atoms with Crippen LogP contribution in [-0.2, 0) is 24.2 Å². The van der Waals surface area contributed by atoms with E-state index in [0.29, 0.717) is 5.13 Å². The van der Waals surface area contributed by atoms with Gasteiger partial charge in [0.05, 0.1) is 0 Å². The summed E-state index contributed by atoms with van der Waals surface area (Å²) in [6.07, 6.45) is 7.47. The molecule has 2 unspecified atom stereocenters. The number of hydrogen-bond donors (Lipinski definition) is 1. The van der Waals surface area contributed by atoms with Gasteiger partial charge in [0, 0.05) is 24.8 Å². The first-order valence-corrected chi connectivity index (χ1v) is 10.7. The van der Waals surface area contributed by atoms with Crippen molar-refractivity contribution in [1.82, 2.24) is 25.0 Å². The molecule has 0 saturated carbocycles. The molecule has 1 aliphatic carbocycles. The van der Waals surface area contributed by atoms with E-state index in [2.05, 4.69) is 50.0 Å². The Morgan fingerprint density at radius 2 is 2.04 bits per heavy atom. The van der Waals surface area contributed by atoms with Crippen molar-refractivity contribution in [2.75, 3.05) is 5.32 Å². The fourth-order valence-electron chi connectivity index (χ4n) is 4.31. The molecule has 1 aromatic carbocycles. The number of amides is 1. The number of rotatable bonds is 3. The second-order valence-corrected chi connectivity index (χ2v) is 8.55. The molecule has 3 aromatic rings. The molecule has 28 heavy (non-hydrogen) atoms. The van der Waals surface area contributed by atoms with E-state index in [1.165, 1.54) is 22.5 Å². The third-order valence-electron chi connectivity index (χ3n) is 5.84. The fourth-order valence-corrected chi connectivity index (χ4v) is 5.21. The van der Waals surface area contributed by atoms with E-state index >= 15 is 0 Å². The Morgan fingerprint density at radius 1 is 1.11 bits per heavy atom. The van der Waals surface area contributed by atoms with Gasteiger partial charge >= 0.3 is 0 Å². The minimum atomic E-state index is -0.0375. The minimum absolute atomic E-state index is 0.0328. The van der Waals surface area contributed by atoms with Crippen molar-refractivity contribution in [3.63, 3.8) is 0 Å². The Hall–Kier alpha value is -2.61. The van der Waals surface area contributed by atoms with Crippen molar-refractivity contribution in [2.45, 2.75) is 51.0 Å². The molecule has 7 nitrogen and oxygen atoms in total. The molecular weight excluding hydrogens is 372 g/mol. The molecule has 2 atom stereocenters. The first kappa shape index (κ1) is 17.5. The van der Waals surface area contributed by atoms with Crippen molar-refractivity contribution in [3.8, 4) is 0 Å². The van der Waals surface area contributed by atoms with Gasteiger partial charge in [0.2, 0.25) is 11.0 Å². The molecule has 2 aliphatic rings. The highest BCUT2D eigenvalue weighted by Gasteiger charge is 2.27. The molecule has 2 aromatic heterocycles. The highest BCUT2D eigenvalue weighted by Crippen LogP contribution is 2.38. The molecule has 1 amide bonds. The molecule has 0 bridgehead atoms. The van der Waals surface area contributed by atoms with E-state index in [9.17, 15) is 4.79 Å². The molecule has 144 valence electrons. The van der Waals surface area contributed by atoms with Crippen molar-refractivity contribution in [2.24, 2.45) is 5.92 Å². The van der Waals surface area contributed by atoms with Crippen LogP contribution in [0.2, 0.25) is 0 Å². The molecule has 1 N–H and O–H groups in total. The first-order chi connectivity index (χ1) is 13.8. The van der Waals surface area contributed by atoms with Crippen LogP contribution in [0, 0.1) is 5.92 Å². The van der Waals surface area contributed by atoms with E-state index < -0.39 is 0 Å². The smallest absolute Gasteiger partial charge is 0.229 e. The summed E-state index contributed by atoms with van der Waals surface area (Å²) in [6, 6.07) is 8.59. The van der Waals surface area contributed by atoms with Crippen LogP contribution in [0.3, 0.4) is 0 Å². The van der Waals surface area contributed by atoms with Gasteiger partial charge < -0.3 is 9.88 Å². The number of carbonyl (C=O) groups is 1. The van der Waals surface area contributed by atoms with Gasteiger partial charge in [0.25, 0.3) is 0 Å². The van der Waals surface area contributed by atoms with Crippen molar-refractivity contribution in [3.05, 3.63) is 52.6 Å². The topological polar surface area (TPSA) is 85.6 Å². The average Bonchev–Trinajstić information content (AvgIpc) is 3.33. The lowest BCUT2D eigenvalue weighted by Crippen LogP contribution is -2.23. The van der Waals surface area contributed by atoms with Crippen molar-refractivity contribution >= 4 is 22.4 Å². The van der Waals surface area contributed by atoms with E-state index in [-0.39, 0.29) is 17.7 Å². The van der Waals surface area contributed by atoms with E-state index in [1.807, 2.05) is 4.57 Å². The van der Waals surface area contributed by atoms with Gasteiger partial charge in [-0.25, -0.2) is 0 Å². The molecule has 5 rings (SSSR count). The van der Waals surface area contributed by atoms with Gasteiger partial charge in [-0.15, -0.1) is 20.4 Å². The van der Waals surface area contributed by atoms with E-state index in [4.69, 9.17) is 0 Å². The summed E-state index contributed by atoms with van der Waals surface area (Å²) in [5, 5.41) is 21.3. The molecule has 8 heteroatoms. The van der Waals surface area contributed by atoms with Gasteiger partial charge in [-0.3, -0.25) is 4.79 Å². The van der Waals surface area contributed by atoms with Gasteiger partial charge in [-0.05, 0) is 43.2 Å². The van der Waals surface area contributed by atoms with Gasteiger partial charge in [0.1, 0.15) is 17.2 Å². The number of aryl methyl sites for hydroxylation is 3. The van der Waals surface area contributed by atoms with Gasteiger partial charge in [-0.2, -0.15) is 0 Å². The quantitative estimate of drug-likeness (QED) is 0.737. The van der Waals surface area contributed by atoms with Crippen LogP contribution in [0.4, 0.5) is 5.13 Å². The molecular formula is C20H22N6OS. The zero-order chi connectivity index (χ0) is 18.9. The summed E-state index contributed by atoms with van der Waals surface area (Å²) in [5.41, 5.74) is 2.76. The maximum atomic E-state index is 12.8. The number of nitrogens with zero attached hydrogens (tertiary/aromatic N) is 5. The second-order valence-electron chi connectivity index (χ2n) is 7.54.